The van der Waals surface area contributed by atoms with Gasteiger partial charge in [0.2, 0.25) is 5.91 Å². The van der Waals surface area contributed by atoms with E-state index in [-0.39, 0.29) is 5.91 Å². The molecule has 1 aliphatic rings. The number of likely N-dealkylation sites (tertiary alicyclic amines) is 1. The molecule has 1 aliphatic heterocycles. The molecule has 2 heterocycles. The van der Waals surface area contributed by atoms with E-state index in [1.165, 1.54) is 0 Å². The van der Waals surface area contributed by atoms with E-state index in [4.69, 9.17) is 4.74 Å². The third-order valence-electron chi connectivity index (χ3n) is 3.94. The van der Waals surface area contributed by atoms with Gasteiger partial charge in [0.25, 0.3) is 0 Å². The topological polar surface area (TPSA) is 70.2 Å². The second-order valence-corrected chi connectivity index (χ2v) is 5.10. The molecule has 0 aliphatic carbocycles. The van der Waals surface area contributed by atoms with E-state index in [9.17, 15) is 4.79 Å². The van der Waals surface area contributed by atoms with E-state index in [1.807, 2.05) is 13.1 Å². The molecule has 0 bridgehead atoms. The van der Waals surface area contributed by atoms with Gasteiger partial charge in [0, 0.05) is 20.7 Å². The summed E-state index contributed by atoms with van der Waals surface area (Å²) in [6.07, 6.45) is 3.64. The van der Waals surface area contributed by atoms with Crippen molar-refractivity contribution in [1.82, 2.24) is 20.4 Å². The van der Waals surface area contributed by atoms with Crippen LogP contribution in [-0.2, 0) is 16.1 Å². The molecule has 6 nitrogen and oxygen atoms in total. The predicted octanol–water partition coefficient (Wildman–Crippen LogP) is 0.445. The van der Waals surface area contributed by atoms with Gasteiger partial charge in [-0.2, -0.15) is 5.10 Å². The first-order valence-electron chi connectivity index (χ1n) is 6.59. The molecule has 106 valence electrons. The lowest BCUT2D eigenvalue weighted by molar-refractivity contribution is -0.135. The fourth-order valence-corrected chi connectivity index (χ4v) is 2.85. The van der Waals surface area contributed by atoms with Crippen LogP contribution in [0.15, 0.2) is 6.20 Å². The molecular weight excluding hydrogens is 244 g/mol. The number of ether oxygens (including phenoxy) is 1. The van der Waals surface area contributed by atoms with Gasteiger partial charge in [0.15, 0.2) is 0 Å². The van der Waals surface area contributed by atoms with Crippen LogP contribution in [0.1, 0.15) is 24.1 Å². The molecular formula is C13H22N4O2. The van der Waals surface area contributed by atoms with Crippen LogP contribution < -0.4 is 5.32 Å². The third-order valence-corrected chi connectivity index (χ3v) is 3.94. The fourth-order valence-electron chi connectivity index (χ4n) is 2.85. The molecule has 0 saturated carbocycles. The second kappa shape index (κ2) is 5.71. The Morgan fingerprint density at radius 2 is 2.47 bits per heavy atom. The summed E-state index contributed by atoms with van der Waals surface area (Å²) in [7, 11) is 3.32. The second-order valence-electron chi connectivity index (χ2n) is 5.10. The van der Waals surface area contributed by atoms with Crippen LogP contribution in [0.2, 0.25) is 0 Å². The smallest absolute Gasteiger partial charge is 0.242 e. The number of nitrogens with one attached hydrogen (secondary N) is 2. The van der Waals surface area contributed by atoms with Crippen LogP contribution >= 0.6 is 0 Å². The zero-order valence-corrected chi connectivity index (χ0v) is 11.8. The molecule has 0 radical (unpaired) electrons. The Bertz CT molecular complexity index is 446. The minimum absolute atomic E-state index is 0.0315. The molecule has 0 aromatic carbocycles. The normalized spacial score (nSPS) is 23.7. The molecule has 1 fully saturated rings. The van der Waals surface area contributed by atoms with Crippen molar-refractivity contribution < 1.29 is 9.53 Å². The van der Waals surface area contributed by atoms with Gasteiger partial charge >= 0.3 is 0 Å². The van der Waals surface area contributed by atoms with Crippen LogP contribution in [0.4, 0.5) is 0 Å². The van der Waals surface area contributed by atoms with Crippen molar-refractivity contribution in [3.05, 3.63) is 17.5 Å². The third kappa shape index (κ3) is 2.50. The lowest BCUT2D eigenvalue weighted by Gasteiger charge is -2.36. The number of methoxy groups -OCH3 is 1. The van der Waals surface area contributed by atoms with E-state index in [0.717, 1.165) is 30.6 Å². The SMILES string of the molecule is CNC(=O)C1(COC)CCCN1Cc1[nH]ncc1C. The average molecular weight is 266 g/mol. The minimum atomic E-state index is -0.555. The molecule has 1 aromatic rings. The Labute approximate surface area is 113 Å². The van der Waals surface area contributed by atoms with Gasteiger partial charge in [-0.1, -0.05) is 0 Å². The van der Waals surface area contributed by atoms with Crippen LogP contribution in [0.5, 0.6) is 0 Å². The maximum absolute atomic E-state index is 12.3. The summed E-state index contributed by atoms with van der Waals surface area (Å²) in [5.41, 5.74) is 1.63. The van der Waals surface area contributed by atoms with Gasteiger partial charge < -0.3 is 10.1 Å². The number of carbonyl (C=O) groups excluding carboxylic acids is 1. The molecule has 2 N–H and O–H groups in total. The molecule has 2 rings (SSSR count). The van der Waals surface area contributed by atoms with Crippen molar-refractivity contribution >= 4 is 5.91 Å². The number of nitrogens with zero attached hydrogens (tertiary/aromatic N) is 2. The first-order valence-corrected chi connectivity index (χ1v) is 6.59. The monoisotopic (exact) mass is 266 g/mol. The van der Waals surface area contributed by atoms with Gasteiger partial charge in [-0.3, -0.25) is 14.8 Å². The maximum atomic E-state index is 12.3. The summed E-state index contributed by atoms with van der Waals surface area (Å²) in [4.78, 5) is 14.5. The highest BCUT2D eigenvalue weighted by molar-refractivity contribution is 5.86. The van der Waals surface area contributed by atoms with E-state index >= 15 is 0 Å². The summed E-state index contributed by atoms with van der Waals surface area (Å²) < 4.78 is 5.30. The number of carbonyl (C=O) groups is 1. The van der Waals surface area contributed by atoms with E-state index in [2.05, 4.69) is 20.4 Å². The summed E-state index contributed by atoms with van der Waals surface area (Å²) in [6.45, 7) is 4.03. The largest absolute Gasteiger partial charge is 0.382 e. The Hall–Kier alpha value is -1.40. The van der Waals surface area contributed by atoms with E-state index < -0.39 is 5.54 Å². The van der Waals surface area contributed by atoms with E-state index in [1.54, 1.807) is 14.2 Å². The van der Waals surface area contributed by atoms with Crippen molar-refractivity contribution in [3.63, 3.8) is 0 Å². The standard InChI is InChI=1S/C13H22N4O2/c1-10-7-15-16-11(10)8-17-6-4-5-13(17,9-19-3)12(18)14-2/h7H,4-6,8-9H2,1-3H3,(H,14,18)(H,15,16). The zero-order valence-electron chi connectivity index (χ0n) is 11.8. The Morgan fingerprint density at radius 3 is 3.05 bits per heavy atom. The van der Waals surface area contributed by atoms with Gasteiger partial charge in [0.05, 0.1) is 18.5 Å². The highest BCUT2D eigenvalue weighted by atomic mass is 16.5. The first kappa shape index (κ1) is 14.0. The minimum Gasteiger partial charge on any atom is -0.382 e. The molecule has 0 spiro atoms. The Kier molecular flexibility index (Phi) is 4.21. The first-order chi connectivity index (χ1) is 9.14. The number of likely N-dealkylation sites (N-methyl/N-ethyl adjacent to an activating group) is 1. The van der Waals surface area contributed by atoms with Crippen molar-refractivity contribution in [2.75, 3.05) is 27.3 Å². The molecule has 1 atom stereocenters. The highest BCUT2D eigenvalue weighted by Crippen LogP contribution is 2.31. The van der Waals surface area contributed by atoms with Crippen molar-refractivity contribution in [1.29, 1.82) is 0 Å². The van der Waals surface area contributed by atoms with Crippen molar-refractivity contribution in [2.24, 2.45) is 0 Å². The summed E-state index contributed by atoms with van der Waals surface area (Å²) in [5.74, 6) is 0.0315. The van der Waals surface area contributed by atoms with Crippen LogP contribution in [0.3, 0.4) is 0 Å². The summed E-state index contributed by atoms with van der Waals surface area (Å²) in [6, 6.07) is 0. The molecule has 1 saturated heterocycles. The maximum Gasteiger partial charge on any atom is 0.242 e. The lowest BCUT2D eigenvalue weighted by Crippen LogP contribution is -2.57. The molecule has 1 amide bonds. The number of aryl methyl sites for hydroxylation is 1. The summed E-state index contributed by atoms with van der Waals surface area (Å²) >= 11 is 0. The lowest BCUT2D eigenvalue weighted by atomic mass is 9.95. The van der Waals surface area contributed by atoms with Gasteiger partial charge in [-0.25, -0.2) is 0 Å². The molecule has 1 unspecified atom stereocenters. The zero-order chi connectivity index (χ0) is 13.9. The van der Waals surface area contributed by atoms with Crippen LogP contribution in [0.25, 0.3) is 0 Å². The summed E-state index contributed by atoms with van der Waals surface area (Å²) in [5, 5.41) is 9.81. The van der Waals surface area contributed by atoms with Crippen molar-refractivity contribution in [2.45, 2.75) is 31.8 Å². The van der Waals surface area contributed by atoms with Crippen molar-refractivity contribution in [3.8, 4) is 0 Å². The number of aromatic amines is 1. The van der Waals surface area contributed by atoms with Crippen LogP contribution in [-0.4, -0.2) is 53.9 Å². The number of amides is 1. The number of hydrogen-bond acceptors (Lipinski definition) is 4. The predicted molar refractivity (Wildman–Crippen MR) is 71.6 cm³/mol. The van der Waals surface area contributed by atoms with Gasteiger partial charge in [-0.05, 0) is 31.9 Å². The highest BCUT2D eigenvalue weighted by Gasteiger charge is 2.47. The number of H-pyrrole nitrogens is 1. The molecule has 6 heteroatoms. The van der Waals surface area contributed by atoms with E-state index in [0.29, 0.717) is 13.2 Å². The van der Waals surface area contributed by atoms with Crippen LogP contribution in [0, 0.1) is 6.92 Å². The Balaban J connectivity index is 2.22. The molecule has 19 heavy (non-hydrogen) atoms. The fraction of sp³-hybridized carbons (Fsp3) is 0.692. The van der Waals surface area contributed by atoms with Gasteiger partial charge in [-0.15, -0.1) is 0 Å². The Morgan fingerprint density at radius 1 is 1.68 bits per heavy atom. The number of rotatable bonds is 5. The molecule has 1 aromatic heterocycles. The average Bonchev–Trinajstić information content (AvgIpc) is 2.98. The van der Waals surface area contributed by atoms with Gasteiger partial charge in [0.1, 0.15) is 5.54 Å². The quantitative estimate of drug-likeness (QED) is 0.811. The number of hydrogen-bond donors (Lipinski definition) is 2. The number of aromatic nitrogens is 2.